The van der Waals surface area contributed by atoms with Gasteiger partial charge in [0.2, 0.25) is 11.8 Å². The molecule has 2 rings (SSSR count). The van der Waals surface area contributed by atoms with Crippen LogP contribution in [0.4, 0.5) is 0 Å². The summed E-state index contributed by atoms with van der Waals surface area (Å²) in [4.78, 5) is 8.35. The number of aryl methyl sites for hydroxylation is 1. The van der Waals surface area contributed by atoms with Crippen molar-refractivity contribution in [2.75, 3.05) is 14.2 Å². The van der Waals surface area contributed by atoms with Crippen molar-refractivity contribution in [3.8, 4) is 11.8 Å². The van der Waals surface area contributed by atoms with Gasteiger partial charge in [-0.3, -0.25) is 0 Å². The lowest BCUT2D eigenvalue weighted by Crippen LogP contribution is -2.09. The first-order valence-corrected chi connectivity index (χ1v) is 6.42. The minimum atomic E-state index is -0.875. The van der Waals surface area contributed by atoms with E-state index >= 15 is 0 Å². The van der Waals surface area contributed by atoms with Gasteiger partial charge in [0.25, 0.3) is 0 Å². The van der Waals surface area contributed by atoms with Crippen molar-refractivity contribution in [2.24, 2.45) is 0 Å². The number of aliphatic hydroxyl groups excluding tert-OH is 1. The number of ether oxygens (including phenoxy) is 2. The molecule has 1 N–H and O–H groups in total. The fraction of sp³-hybridized carbons (Fsp3) is 0.333. The molecule has 0 spiro atoms. The Balaban J connectivity index is 2.45. The maximum atomic E-state index is 10.6. The van der Waals surface area contributed by atoms with Crippen LogP contribution in [0.25, 0.3) is 0 Å². The quantitative estimate of drug-likeness (QED) is 0.905. The maximum absolute atomic E-state index is 10.6. The number of hydrogen-bond donors (Lipinski definition) is 1. The molecule has 20 heavy (non-hydrogen) atoms. The Kier molecular flexibility index (Phi) is 4.53. The fourth-order valence-corrected chi connectivity index (χ4v) is 2.07. The first-order chi connectivity index (χ1) is 9.71. The van der Waals surface area contributed by atoms with Crippen LogP contribution in [0.3, 0.4) is 0 Å². The summed E-state index contributed by atoms with van der Waals surface area (Å²) in [5, 5.41) is 10.6. The number of hydrogen-bond acceptors (Lipinski definition) is 5. The minimum absolute atomic E-state index is 0.266. The summed E-state index contributed by atoms with van der Waals surface area (Å²) in [5.74, 6) is 0.615. The van der Waals surface area contributed by atoms with E-state index in [-0.39, 0.29) is 5.88 Å². The van der Waals surface area contributed by atoms with Crippen molar-refractivity contribution in [1.29, 1.82) is 0 Å². The van der Waals surface area contributed by atoms with E-state index in [0.717, 1.165) is 17.5 Å². The predicted octanol–water partition coefficient (Wildman–Crippen LogP) is 2.14. The third-order valence-electron chi connectivity index (χ3n) is 3.14. The predicted molar refractivity (Wildman–Crippen MR) is 75.0 cm³/mol. The zero-order chi connectivity index (χ0) is 14.5. The van der Waals surface area contributed by atoms with Crippen molar-refractivity contribution in [3.63, 3.8) is 0 Å². The third-order valence-corrected chi connectivity index (χ3v) is 3.14. The highest BCUT2D eigenvalue weighted by atomic mass is 16.5. The lowest BCUT2D eigenvalue weighted by atomic mass is 9.98. The van der Waals surface area contributed by atoms with Crippen LogP contribution in [0.1, 0.15) is 29.8 Å². The average Bonchev–Trinajstić information content (AvgIpc) is 2.53. The highest BCUT2D eigenvalue weighted by molar-refractivity contribution is 5.37. The summed E-state index contributed by atoms with van der Waals surface area (Å²) < 4.78 is 10.2. The lowest BCUT2D eigenvalue weighted by molar-refractivity contribution is 0.205. The number of aromatic nitrogens is 2. The Morgan fingerprint density at radius 2 is 1.95 bits per heavy atom. The lowest BCUT2D eigenvalue weighted by Gasteiger charge is -2.16. The molecule has 0 radical (unpaired) electrons. The van der Waals surface area contributed by atoms with Gasteiger partial charge in [0.1, 0.15) is 11.8 Å². The molecule has 0 aliphatic carbocycles. The molecule has 0 saturated carbocycles. The van der Waals surface area contributed by atoms with Crippen LogP contribution in [0, 0.1) is 0 Å². The monoisotopic (exact) mass is 274 g/mol. The highest BCUT2D eigenvalue weighted by Gasteiger charge is 2.21. The summed E-state index contributed by atoms with van der Waals surface area (Å²) in [7, 11) is 3.00. The molecule has 0 aliphatic rings. The second-order valence-electron chi connectivity index (χ2n) is 4.26. The topological polar surface area (TPSA) is 64.5 Å². The molecule has 0 aliphatic heterocycles. The summed E-state index contributed by atoms with van der Waals surface area (Å²) in [5.41, 5.74) is 2.27. The van der Waals surface area contributed by atoms with Crippen molar-refractivity contribution in [2.45, 2.75) is 19.4 Å². The Morgan fingerprint density at radius 1 is 1.20 bits per heavy atom. The summed E-state index contributed by atoms with van der Waals surface area (Å²) >= 11 is 0. The molecule has 5 heteroatoms. The zero-order valence-electron chi connectivity index (χ0n) is 11.8. The van der Waals surface area contributed by atoms with Crippen molar-refractivity contribution < 1.29 is 14.6 Å². The van der Waals surface area contributed by atoms with Crippen LogP contribution in [0.2, 0.25) is 0 Å². The minimum Gasteiger partial charge on any atom is -0.480 e. The SMILES string of the molecule is CCc1ccccc1C(O)c1ncc(OC)nc1OC. The van der Waals surface area contributed by atoms with E-state index in [4.69, 9.17) is 9.47 Å². The molecule has 1 aromatic carbocycles. The van der Waals surface area contributed by atoms with Crippen LogP contribution in [0.5, 0.6) is 11.8 Å². The maximum Gasteiger partial charge on any atom is 0.241 e. The van der Waals surface area contributed by atoms with Gasteiger partial charge in [0.05, 0.1) is 20.4 Å². The standard InChI is InChI=1S/C15H18N2O3/c1-4-10-7-5-6-8-11(10)14(18)13-15(20-3)17-12(19-2)9-16-13/h5-9,14,18H,4H2,1-3H3. The van der Waals surface area contributed by atoms with Crippen LogP contribution in [-0.4, -0.2) is 29.3 Å². The van der Waals surface area contributed by atoms with E-state index in [9.17, 15) is 5.11 Å². The van der Waals surface area contributed by atoms with Crippen LogP contribution in [0.15, 0.2) is 30.5 Å². The van der Waals surface area contributed by atoms with Gasteiger partial charge in [-0.25, -0.2) is 4.98 Å². The van der Waals surface area contributed by atoms with Gasteiger partial charge in [-0.2, -0.15) is 4.98 Å². The zero-order valence-corrected chi connectivity index (χ0v) is 11.8. The molecule has 0 fully saturated rings. The number of benzene rings is 1. The highest BCUT2D eigenvalue weighted by Crippen LogP contribution is 2.30. The van der Waals surface area contributed by atoms with E-state index in [0.29, 0.717) is 11.6 Å². The first-order valence-electron chi connectivity index (χ1n) is 6.42. The summed E-state index contributed by atoms with van der Waals surface area (Å²) in [6, 6.07) is 7.71. The molecular formula is C15H18N2O3. The van der Waals surface area contributed by atoms with Crippen molar-refractivity contribution in [1.82, 2.24) is 9.97 Å². The summed E-state index contributed by atoms with van der Waals surface area (Å²) in [6.07, 6.45) is 1.42. The molecule has 106 valence electrons. The van der Waals surface area contributed by atoms with E-state index in [1.54, 1.807) is 0 Å². The van der Waals surface area contributed by atoms with E-state index in [1.165, 1.54) is 20.4 Å². The van der Waals surface area contributed by atoms with Crippen LogP contribution in [-0.2, 0) is 6.42 Å². The summed E-state index contributed by atoms with van der Waals surface area (Å²) in [6.45, 7) is 2.04. The number of aliphatic hydroxyl groups is 1. The van der Waals surface area contributed by atoms with E-state index in [2.05, 4.69) is 9.97 Å². The Hall–Kier alpha value is -2.14. The molecule has 1 heterocycles. The molecule has 5 nitrogen and oxygen atoms in total. The van der Waals surface area contributed by atoms with E-state index in [1.807, 2.05) is 31.2 Å². The Labute approximate surface area is 118 Å². The normalized spacial score (nSPS) is 12.0. The molecule has 0 bridgehead atoms. The van der Waals surface area contributed by atoms with Gasteiger partial charge >= 0.3 is 0 Å². The van der Waals surface area contributed by atoms with Gasteiger partial charge in [0, 0.05) is 0 Å². The molecule has 0 amide bonds. The first kappa shape index (κ1) is 14.3. The van der Waals surface area contributed by atoms with Crippen LogP contribution >= 0.6 is 0 Å². The molecule has 1 aromatic heterocycles. The molecule has 2 aromatic rings. The van der Waals surface area contributed by atoms with Gasteiger partial charge in [0.15, 0.2) is 0 Å². The fourth-order valence-electron chi connectivity index (χ4n) is 2.07. The average molecular weight is 274 g/mol. The van der Waals surface area contributed by atoms with Crippen molar-refractivity contribution >= 4 is 0 Å². The molecule has 0 saturated heterocycles. The Bertz CT molecular complexity index is 587. The van der Waals surface area contributed by atoms with E-state index < -0.39 is 6.10 Å². The van der Waals surface area contributed by atoms with Crippen molar-refractivity contribution in [3.05, 3.63) is 47.3 Å². The van der Waals surface area contributed by atoms with Crippen LogP contribution < -0.4 is 9.47 Å². The van der Waals surface area contributed by atoms with Gasteiger partial charge < -0.3 is 14.6 Å². The molecule has 1 atom stereocenters. The van der Waals surface area contributed by atoms with Gasteiger partial charge in [-0.1, -0.05) is 31.2 Å². The molecule has 1 unspecified atom stereocenters. The number of nitrogens with zero attached hydrogens (tertiary/aromatic N) is 2. The number of methoxy groups -OCH3 is 2. The van der Waals surface area contributed by atoms with Gasteiger partial charge in [-0.05, 0) is 17.5 Å². The smallest absolute Gasteiger partial charge is 0.241 e. The molecular weight excluding hydrogens is 256 g/mol. The third kappa shape index (κ3) is 2.72. The number of rotatable bonds is 5. The second-order valence-corrected chi connectivity index (χ2v) is 4.26. The largest absolute Gasteiger partial charge is 0.480 e. The Morgan fingerprint density at radius 3 is 2.60 bits per heavy atom. The van der Waals surface area contributed by atoms with Gasteiger partial charge in [-0.15, -0.1) is 0 Å². The second kappa shape index (κ2) is 6.34.